The molecule has 4 nitrogen and oxygen atoms in total. The van der Waals surface area contributed by atoms with E-state index in [1.54, 1.807) is 18.2 Å². The van der Waals surface area contributed by atoms with Crippen molar-refractivity contribution in [3.63, 3.8) is 0 Å². The van der Waals surface area contributed by atoms with Crippen LogP contribution >= 0.6 is 11.6 Å². The molecule has 0 aliphatic heterocycles. The van der Waals surface area contributed by atoms with Gasteiger partial charge in [-0.3, -0.25) is 0 Å². The number of hydrogen-bond acceptors (Lipinski definition) is 4. The molecule has 0 aliphatic rings. The van der Waals surface area contributed by atoms with E-state index in [0.717, 1.165) is 11.1 Å². The highest BCUT2D eigenvalue weighted by Crippen LogP contribution is 2.36. The lowest BCUT2D eigenvalue weighted by atomic mass is 10.0. The summed E-state index contributed by atoms with van der Waals surface area (Å²) in [5.41, 5.74) is 16.1. The van der Waals surface area contributed by atoms with Gasteiger partial charge in [-0.05, 0) is 48.4 Å². The Hall–Kier alpha value is -2.07. The standard InChI is InChI=1S/C13H12ClN3O/c1-7-4-8(5-12(17-16)13(7)15)10-6-9(18)2-3-11(10)14/h2-6,16,18H,15H2,1H3. The highest BCUT2D eigenvalue weighted by Gasteiger charge is 2.09. The second kappa shape index (κ2) is 4.66. The first-order chi connectivity index (χ1) is 8.52. The van der Waals surface area contributed by atoms with E-state index in [2.05, 4.69) is 5.11 Å². The number of benzene rings is 2. The molecule has 18 heavy (non-hydrogen) atoms. The number of phenolic OH excluding ortho intramolecular Hbond substituents is 1. The number of rotatable bonds is 2. The zero-order valence-electron chi connectivity index (χ0n) is 9.74. The van der Waals surface area contributed by atoms with Crippen molar-refractivity contribution in [3.8, 4) is 16.9 Å². The van der Waals surface area contributed by atoms with E-state index in [1.165, 1.54) is 6.07 Å². The number of aromatic hydroxyl groups is 1. The van der Waals surface area contributed by atoms with Gasteiger partial charge >= 0.3 is 0 Å². The van der Waals surface area contributed by atoms with Crippen molar-refractivity contribution in [2.75, 3.05) is 5.73 Å². The van der Waals surface area contributed by atoms with Crippen LogP contribution in [0, 0.1) is 12.5 Å². The second-order valence-corrected chi connectivity index (χ2v) is 4.41. The minimum Gasteiger partial charge on any atom is -0.508 e. The normalized spacial score (nSPS) is 10.3. The third-order valence-corrected chi connectivity index (χ3v) is 3.08. The van der Waals surface area contributed by atoms with Gasteiger partial charge < -0.3 is 10.8 Å². The Morgan fingerprint density at radius 3 is 2.67 bits per heavy atom. The van der Waals surface area contributed by atoms with Gasteiger partial charge in [0.2, 0.25) is 0 Å². The highest BCUT2D eigenvalue weighted by atomic mass is 35.5. The maximum atomic E-state index is 9.51. The van der Waals surface area contributed by atoms with Crippen LogP contribution in [0.15, 0.2) is 35.4 Å². The monoisotopic (exact) mass is 261 g/mol. The number of nitrogens with two attached hydrogens (primary N) is 1. The maximum absolute atomic E-state index is 9.51. The Labute approximate surface area is 110 Å². The van der Waals surface area contributed by atoms with Crippen molar-refractivity contribution in [2.24, 2.45) is 5.11 Å². The molecule has 0 aromatic heterocycles. The lowest BCUT2D eigenvalue weighted by Gasteiger charge is -2.10. The van der Waals surface area contributed by atoms with Crippen molar-refractivity contribution in [1.29, 1.82) is 5.53 Å². The summed E-state index contributed by atoms with van der Waals surface area (Å²) in [5, 5.41) is 13.4. The molecule has 0 unspecified atom stereocenters. The minimum atomic E-state index is 0.133. The summed E-state index contributed by atoms with van der Waals surface area (Å²) in [4.78, 5) is 0. The Morgan fingerprint density at radius 1 is 1.28 bits per heavy atom. The number of hydrogen-bond donors (Lipinski definition) is 3. The van der Waals surface area contributed by atoms with Crippen molar-refractivity contribution in [1.82, 2.24) is 0 Å². The first-order valence-corrected chi connectivity index (χ1v) is 5.67. The Balaban J connectivity index is 2.67. The van der Waals surface area contributed by atoms with E-state index in [9.17, 15) is 5.11 Å². The first-order valence-electron chi connectivity index (χ1n) is 5.29. The topological polar surface area (TPSA) is 82.5 Å². The molecule has 2 aromatic carbocycles. The summed E-state index contributed by atoms with van der Waals surface area (Å²) in [6.07, 6.45) is 0. The average Bonchev–Trinajstić information content (AvgIpc) is 2.35. The van der Waals surface area contributed by atoms with Crippen LogP contribution in [0.5, 0.6) is 5.75 Å². The van der Waals surface area contributed by atoms with Gasteiger partial charge in [-0.2, -0.15) is 5.11 Å². The molecule has 0 aliphatic carbocycles. The minimum absolute atomic E-state index is 0.133. The van der Waals surface area contributed by atoms with Crippen LogP contribution in [-0.4, -0.2) is 5.11 Å². The largest absolute Gasteiger partial charge is 0.508 e. The molecule has 0 fully saturated rings. The van der Waals surface area contributed by atoms with Crippen LogP contribution < -0.4 is 5.73 Å². The number of halogens is 1. The number of phenols is 1. The molecule has 5 heteroatoms. The van der Waals surface area contributed by atoms with Crippen LogP contribution in [0.25, 0.3) is 11.1 Å². The smallest absolute Gasteiger partial charge is 0.116 e. The van der Waals surface area contributed by atoms with Gasteiger partial charge in [0, 0.05) is 10.6 Å². The van der Waals surface area contributed by atoms with Crippen molar-refractivity contribution in [2.45, 2.75) is 6.92 Å². The predicted octanol–water partition coefficient (Wildman–Crippen LogP) is 4.27. The molecule has 0 radical (unpaired) electrons. The number of nitrogen functional groups attached to an aromatic ring is 1. The molecule has 2 rings (SSSR count). The van der Waals surface area contributed by atoms with Gasteiger partial charge in [-0.1, -0.05) is 11.6 Å². The molecule has 4 N–H and O–H groups in total. The second-order valence-electron chi connectivity index (χ2n) is 4.00. The Bertz CT molecular complexity index is 626. The molecular formula is C13H12ClN3O. The summed E-state index contributed by atoms with van der Waals surface area (Å²) < 4.78 is 0. The molecule has 0 spiro atoms. The van der Waals surface area contributed by atoms with Gasteiger partial charge in [0.15, 0.2) is 0 Å². The van der Waals surface area contributed by atoms with Gasteiger partial charge in [0.1, 0.15) is 11.4 Å². The lowest BCUT2D eigenvalue weighted by Crippen LogP contribution is -1.91. The SMILES string of the molecule is Cc1cc(-c2cc(O)ccc2Cl)cc(N=N)c1N. The third-order valence-electron chi connectivity index (χ3n) is 2.75. The molecule has 0 saturated carbocycles. The summed E-state index contributed by atoms with van der Waals surface area (Å²) in [7, 11) is 0. The van der Waals surface area contributed by atoms with Crippen LogP contribution in [0.3, 0.4) is 0 Å². The van der Waals surface area contributed by atoms with Crippen LogP contribution in [0.1, 0.15) is 5.56 Å². The molecule has 0 bridgehead atoms. The van der Waals surface area contributed by atoms with Gasteiger partial charge in [-0.25, -0.2) is 5.53 Å². The third kappa shape index (κ3) is 2.15. The zero-order chi connectivity index (χ0) is 13.3. The van der Waals surface area contributed by atoms with Crippen LogP contribution in [-0.2, 0) is 0 Å². The number of aryl methyl sites for hydroxylation is 1. The van der Waals surface area contributed by atoms with Crippen LogP contribution in [0.4, 0.5) is 11.4 Å². The quantitative estimate of drug-likeness (QED) is 0.557. The Kier molecular flexibility index (Phi) is 3.21. The Morgan fingerprint density at radius 2 is 2.00 bits per heavy atom. The van der Waals surface area contributed by atoms with E-state index >= 15 is 0 Å². The number of nitrogens with zero attached hydrogens (tertiary/aromatic N) is 1. The molecule has 0 saturated heterocycles. The number of nitrogens with one attached hydrogen (secondary N) is 1. The predicted molar refractivity (Wildman–Crippen MR) is 72.5 cm³/mol. The summed E-state index contributed by atoms with van der Waals surface area (Å²) >= 11 is 6.10. The van der Waals surface area contributed by atoms with Crippen LogP contribution in [0.2, 0.25) is 5.02 Å². The van der Waals surface area contributed by atoms with E-state index in [4.69, 9.17) is 22.9 Å². The van der Waals surface area contributed by atoms with Gasteiger partial charge in [0.05, 0.1) is 5.69 Å². The maximum Gasteiger partial charge on any atom is 0.116 e. The average molecular weight is 262 g/mol. The fraction of sp³-hybridized carbons (Fsp3) is 0.0769. The van der Waals surface area contributed by atoms with Crippen molar-refractivity contribution >= 4 is 23.0 Å². The van der Waals surface area contributed by atoms with E-state index in [-0.39, 0.29) is 5.75 Å². The van der Waals surface area contributed by atoms with Gasteiger partial charge in [-0.15, -0.1) is 0 Å². The summed E-state index contributed by atoms with van der Waals surface area (Å²) in [6.45, 7) is 1.84. The highest BCUT2D eigenvalue weighted by molar-refractivity contribution is 6.33. The van der Waals surface area contributed by atoms with Crippen molar-refractivity contribution < 1.29 is 5.11 Å². The van der Waals surface area contributed by atoms with Gasteiger partial charge in [0.25, 0.3) is 0 Å². The fourth-order valence-electron chi connectivity index (χ4n) is 1.76. The van der Waals surface area contributed by atoms with E-state index in [0.29, 0.717) is 22.0 Å². The molecular weight excluding hydrogens is 250 g/mol. The molecule has 0 amide bonds. The van der Waals surface area contributed by atoms with E-state index in [1.807, 2.05) is 13.0 Å². The van der Waals surface area contributed by atoms with Crippen molar-refractivity contribution in [3.05, 3.63) is 40.9 Å². The number of anilines is 1. The van der Waals surface area contributed by atoms with E-state index < -0.39 is 0 Å². The lowest BCUT2D eigenvalue weighted by molar-refractivity contribution is 0.475. The molecule has 0 heterocycles. The molecule has 92 valence electrons. The fourth-order valence-corrected chi connectivity index (χ4v) is 1.99. The molecule has 0 atom stereocenters. The zero-order valence-corrected chi connectivity index (χ0v) is 10.5. The first kappa shape index (κ1) is 12.4. The molecule has 2 aromatic rings. The summed E-state index contributed by atoms with van der Waals surface area (Å²) in [6, 6.07) is 8.24. The summed E-state index contributed by atoms with van der Waals surface area (Å²) in [5.74, 6) is 0.133.